The SMILES string of the molecule is O=C(O)O.O=C([O-])[O-].[K+].[K+].[NaH].[NaH]. The Labute approximate surface area is 198 Å². The first kappa shape index (κ1) is 36.0. The zero-order chi connectivity index (χ0) is 7.15. The van der Waals surface area contributed by atoms with Crippen LogP contribution in [0.5, 0.6) is 0 Å². The molecule has 0 spiro atoms. The van der Waals surface area contributed by atoms with Gasteiger partial charge in [-0.05, 0) is 6.16 Å². The first-order valence-electron chi connectivity index (χ1n) is 1.26. The maximum absolute atomic E-state index is 8.56. The molecule has 0 aliphatic heterocycles. The molecular formula is C2H4K2Na2O6. The Kier molecular flexibility index (Phi) is 88.1. The fourth-order valence-electron chi connectivity index (χ4n) is 0. The van der Waals surface area contributed by atoms with Gasteiger partial charge < -0.3 is 25.2 Å². The van der Waals surface area contributed by atoms with Crippen molar-refractivity contribution >= 4 is 71.4 Å². The van der Waals surface area contributed by atoms with Crippen LogP contribution in [0.3, 0.4) is 0 Å². The molecule has 52 valence electrons. The second-order valence-electron chi connectivity index (χ2n) is 0.533. The van der Waals surface area contributed by atoms with Gasteiger partial charge in [-0.2, -0.15) is 0 Å². The Bertz CT molecular complexity index is 79.5. The fraction of sp³-hybridized carbons (Fsp3) is 0. The van der Waals surface area contributed by atoms with Crippen LogP contribution in [-0.4, -0.2) is 81.6 Å². The molecule has 2 N–H and O–H groups in total. The molecule has 0 fully saturated rings. The molecule has 0 aromatic carbocycles. The van der Waals surface area contributed by atoms with Gasteiger partial charge in [-0.3, -0.25) is 0 Å². The molecule has 0 aromatic rings. The van der Waals surface area contributed by atoms with Gasteiger partial charge in [-0.15, -0.1) is 0 Å². The van der Waals surface area contributed by atoms with Gasteiger partial charge in [-0.1, -0.05) is 0 Å². The minimum atomic E-state index is -2.33. The van der Waals surface area contributed by atoms with Crippen LogP contribution in [0.1, 0.15) is 0 Å². The average molecular weight is 248 g/mol. The summed E-state index contributed by atoms with van der Waals surface area (Å²) in [6.45, 7) is 0. The normalized spacial score (nSPS) is 4.00. The van der Waals surface area contributed by atoms with Gasteiger partial charge in [0.25, 0.3) is 0 Å². The zero-order valence-electron chi connectivity index (χ0n) is 5.53. The van der Waals surface area contributed by atoms with Gasteiger partial charge in [0.1, 0.15) is 0 Å². The molecule has 0 unspecified atom stereocenters. The van der Waals surface area contributed by atoms with Crippen LogP contribution < -0.4 is 113 Å². The average Bonchev–Trinajstić information content (AvgIpc) is 1.25. The van der Waals surface area contributed by atoms with Crippen molar-refractivity contribution in [3.8, 4) is 0 Å². The summed E-state index contributed by atoms with van der Waals surface area (Å²) in [6, 6.07) is 0. The monoisotopic (exact) mass is 248 g/mol. The summed E-state index contributed by atoms with van der Waals surface area (Å²) in [5.41, 5.74) is 0. The molecule has 0 aliphatic carbocycles. The first-order valence-corrected chi connectivity index (χ1v) is 1.26. The van der Waals surface area contributed by atoms with Crippen molar-refractivity contribution in [2.24, 2.45) is 0 Å². The summed E-state index contributed by atoms with van der Waals surface area (Å²) in [4.78, 5) is 16.9. The van der Waals surface area contributed by atoms with Crippen LogP contribution in [0.2, 0.25) is 0 Å². The number of hydrogen-bond acceptors (Lipinski definition) is 4. The van der Waals surface area contributed by atoms with Gasteiger partial charge in [0, 0.05) is 0 Å². The molecule has 0 saturated heterocycles. The second-order valence-corrected chi connectivity index (χ2v) is 0.533. The van der Waals surface area contributed by atoms with E-state index in [0.717, 1.165) is 0 Å². The van der Waals surface area contributed by atoms with Crippen LogP contribution in [0, 0.1) is 0 Å². The molecule has 0 amide bonds. The van der Waals surface area contributed by atoms with Crippen molar-refractivity contribution < 1.29 is 133 Å². The number of rotatable bonds is 0. The van der Waals surface area contributed by atoms with Crippen molar-refractivity contribution in [2.45, 2.75) is 0 Å². The van der Waals surface area contributed by atoms with Crippen LogP contribution in [0.15, 0.2) is 0 Å². The van der Waals surface area contributed by atoms with E-state index in [4.69, 9.17) is 30.0 Å². The number of carbonyl (C=O) groups is 2. The third-order valence-corrected chi connectivity index (χ3v) is 0. The summed E-state index contributed by atoms with van der Waals surface area (Å²) in [6.07, 6.45) is -4.17. The van der Waals surface area contributed by atoms with Crippen molar-refractivity contribution in [3.05, 3.63) is 0 Å². The van der Waals surface area contributed by atoms with Crippen LogP contribution in [0.4, 0.5) is 9.59 Å². The Balaban J connectivity index is -0.0000000112. The molecule has 0 bridgehead atoms. The van der Waals surface area contributed by atoms with Crippen molar-refractivity contribution in [2.75, 3.05) is 0 Å². The minimum absolute atomic E-state index is 0. The predicted octanol–water partition coefficient (Wildman–Crippen LogP) is -9.51. The molecule has 0 aliphatic rings. The summed E-state index contributed by atoms with van der Waals surface area (Å²) in [7, 11) is 0. The van der Waals surface area contributed by atoms with Gasteiger partial charge >= 0.3 is 168 Å². The van der Waals surface area contributed by atoms with E-state index in [1.54, 1.807) is 0 Å². The number of carboxylic acid groups (broad SMARTS) is 4. The summed E-state index contributed by atoms with van der Waals surface area (Å²) in [5.74, 6) is 0. The van der Waals surface area contributed by atoms with E-state index < -0.39 is 12.3 Å². The second kappa shape index (κ2) is 29.4. The van der Waals surface area contributed by atoms with E-state index in [1.807, 2.05) is 0 Å². The molecule has 6 nitrogen and oxygen atoms in total. The Morgan fingerprint density at radius 2 is 0.917 bits per heavy atom. The molecule has 0 heterocycles. The van der Waals surface area contributed by atoms with E-state index >= 15 is 0 Å². The van der Waals surface area contributed by atoms with Gasteiger partial charge in [0.2, 0.25) is 0 Å². The molecular weight excluding hydrogens is 244 g/mol. The van der Waals surface area contributed by atoms with Crippen LogP contribution in [-0.2, 0) is 0 Å². The molecule has 0 saturated carbocycles. The third-order valence-electron chi connectivity index (χ3n) is 0. The zero-order valence-corrected chi connectivity index (χ0v) is 11.8. The van der Waals surface area contributed by atoms with E-state index in [9.17, 15) is 0 Å². The van der Waals surface area contributed by atoms with Gasteiger partial charge in [0.15, 0.2) is 0 Å². The molecule has 12 heavy (non-hydrogen) atoms. The molecule has 0 rings (SSSR count). The maximum atomic E-state index is 8.56. The molecule has 0 radical (unpaired) electrons. The van der Waals surface area contributed by atoms with E-state index in [0.29, 0.717) is 0 Å². The van der Waals surface area contributed by atoms with Gasteiger partial charge in [0.05, 0.1) is 0 Å². The summed E-state index contributed by atoms with van der Waals surface area (Å²) in [5, 5.41) is 30.6. The Hall–Kier alpha value is 3.81. The summed E-state index contributed by atoms with van der Waals surface area (Å²) >= 11 is 0. The quantitative estimate of drug-likeness (QED) is 0.411. The molecule has 0 atom stereocenters. The third kappa shape index (κ3) is 156. The van der Waals surface area contributed by atoms with Crippen molar-refractivity contribution in [1.82, 2.24) is 0 Å². The standard InChI is InChI=1S/2CH2O3.2K.2Na.2H/c2*2-1(3)4;;;;;;/h2*(H2,2,3,4);;;;;;/q;;2*+1;;;;/p-2. The topological polar surface area (TPSA) is 121 Å². The van der Waals surface area contributed by atoms with E-state index in [2.05, 4.69) is 0 Å². The number of carbonyl (C=O) groups excluding carboxylic acids is 1. The predicted molar refractivity (Wildman–Crippen MR) is 30.3 cm³/mol. The fourth-order valence-corrected chi connectivity index (χ4v) is 0. The van der Waals surface area contributed by atoms with Crippen LogP contribution in [0.25, 0.3) is 0 Å². The molecule has 10 heteroatoms. The first-order chi connectivity index (χ1) is 3.46. The number of hydrogen-bond donors (Lipinski definition) is 2. The Morgan fingerprint density at radius 1 is 0.917 bits per heavy atom. The Morgan fingerprint density at radius 3 is 0.917 bits per heavy atom. The van der Waals surface area contributed by atoms with Crippen molar-refractivity contribution in [1.29, 1.82) is 0 Å². The summed E-state index contributed by atoms with van der Waals surface area (Å²) < 4.78 is 0. The van der Waals surface area contributed by atoms with E-state index in [1.165, 1.54) is 0 Å². The molecule has 0 aromatic heterocycles. The van der Waals surface area contributed by atoms with Crippen LogP contribution >= 0.6 is 0 Å². The van der Waals surface area contributed by atoms with Crippen molar-refractivity contribution in [3.63, 3.8) is 0 Å². The van der Waals surface area contributed by atoms with Gasteiger partial charge in [-0.25, -0.2) is 4.79 Å². The van der Waals surface area contributed by atoms with E-state index in [-0.39, 0.29) is 162 Å².